The maximum absolute atomic E-state index is 8.29. The van der Waals surface area contributed by atoms with Crippen molar-refractivity contribution in [3.8, 4) is 0 Å². The van der Waals surface area contributed by atoms with E-state index in [1.165, 1.54) is 0 Å². The van der Waals surface area contributed by atoms with Crippen LogP contribution in [0.4, 0.5) is 0 Å². The van der Waals surface area contributed by atoms with Gasteiger partial charge in [-0.15, -0.1) is 0 Å². The third kappa shape index (κ3) is 6.62. The number of thioether (sulfide) groups is 1. The summed E-state index contributed by atoms with van der Waals surface area (Å²) in [5.41, 5.74) is 0. The highest BCUT2D eigenvalue weighted by molar-refractivity contribution is 7.99. The number of aliphatic hydroxyl groups excluding tert-OH is 1. The molecule has 0 saturated heterocycles. The van der Waals surface area contributed by atoms with Gasteiger partial charge in [-0.3, -0.25) is 0 Å². The van der Waals surface area contributed by atoms with Crippen molar-refractivity contribution in [3.63, 3.8) is 0 Å². The minimum atomic E-state index is 0.252. The Balaban J connectivity index is 2.53. The Morgan fingerprint density at radius 3 is 2.75 bits per heavy atom. The molecule has 0 heterocycles. The van der Waals surface area contributed by atoms with Gasteiger partial charge in [-0.2, -0.15) is 11.8 Å². The maximum Gasteiger partial charge on any atom is 0.138 e. The first-order valence-corrected chi connectivity index (χ1v) is 3.91. The van der Waals surface area contributed by atoms with Crippen LogP contribution in [-0.4, -0.2) is 34.0 Å². The summed E-state index contributed by atoms with van der Waals surface area (Å²) in [6.07, 6.45) is 0. The van der Waals surface area contributed by atoms with Crippen LogP contribution < -0.4 is 0 Å². The van der Waals surface area contributed by atoms with Gasteiger partial charge in [0.1, 0.15) is 6.61 Å². The molecule has 8 heavy (non-hydrogen) atoms. The fourth-order valence-corrected chi connectivity index (χ4v) is 1.03. The summed E-state index contributed by atoms with van der Waals surface area (Å²) in [4.78, 5) is 0. The SMILES string of the molecule is OCCSCC[OH+][S-]. The van der Waals surface area contributed by atoms with Crippen LogP contribution in [0.25, 0.3) is 0 Å². The third-order valence-corrected chi connectivity index (χ3v) is 1.69. The summed E-state index contributed by atoms with van der Waals surface area (Å²) >= 11 is 6.02. The van der Waals surface area contributed by atoms with Crippen molar-refractivity contribution in [2.45, 2.75) is 0 Å². The Morgan fingerprint density at radius 2 is 2.25 bits per heavy atom. The molecule has 4 heteroatoms. The van der Waals surface area contributed by atoms with Gasteiger partial charge >= 0.3 is 0 Å². The molecular formula is C4H10O2S2. The predicted molar refractivity (Wildman–Crippen MR) is 38.9 cm³/mol. The molecule has 0 amide bonds. The summed E-state index contributed by atoms with van der Waals surface area (Å²) < 4.78 is 3.49. The van der Waals surface area contributed by atoms with Gasteiger partial charge in [0.2, 0.25) is 0 Å². The molecule has 0 bridgehead atoms. The zero-order valence-electron chi connectivity index (χ0n) is 4.54. The summed E-state index contributed by atoms with van der Waals surface area (Å²) in [6.45, 7) is 0.974. The average Bonchev–Trinajstić information content (AvgIpc) is 1.81. The molecule has 0 aliphatic carbocycles. The van der Waals surface area contributed by atoms with E-state index in [1.54, 1.807) is 11.8 Å². The van der Waals surface area contributed by atoms with Gasteiger partial charge in [0.25, 0.3) is 0 Å². The minimum Gasteiger partial charge on any atom is -0.546 e. The molecule has 0 atom stereocenters. The summed E-state index contributed by atoms with van der Waals surface area (Å²) in [6, 6.07) is 0. The highest BCUT2D eigenvalue weighted by Gasteiger charge is 1.85. The van der Waals surface area contributed by atoms with E-state index in [1.807, 2.05) is 0 Å². The van der Waals surface area contributed by atoms with Crippen LogP contribution in [0.2, 0.25) is 0 Å². The van der Waals surface area contributed by atoms with Crippen LogP contribution in [0.5, 0.6) is 0 Å². The molecular weight excluding hydrogens is 144 g/mol. The van der Waals surface area contributed by atoms with Crippen molar-refractivity contribution in [3.05, 3.63) is 0 Å². The fourth-order valence-electron chi connectivity index (χ4n) is 0.268. The molecule has 0 aromatic carbocycles. The van der Waals surface area contributed by atoms with Crippen LogP contribution in [0, 0.1) is 0 Å². The Morgan fingerprint density at radius 1 is 1.50 bits per heavy atom. The van der Waals surface area contributed by atoms with Crippen LogP contribution in [-0.2, 0) is 12.9 Å². The predicted octanol–water partition coefficient (Wildman–Crippen LogP) is -0.298. The first kappa shape index (κ1) is 8.62. The Kier molecular flexibility index (Phi) is 8.21. The Hall–Kier alpha value is 0.620. The van der Waals surface area contributed by atoms with Gasteiger partial charge in [0, 0.05) is 5.75 Å². The van der Waals surface area contributed by atoms with Crippen LogP contribution in [0.15, 0.2) is 0 Å². The molecule has 0 aliphatic heterocycles. The normalized spacial score (nSPS) is 9.75. The van der Waals surface area contributed by atoms with Crippen molar-refractivity contribution in [1.82, 2.24) is 0 Å². The summed E-state index contributed by atoms with van der Waals surface area (Å²) in [5, 5.41) is 8.29. The molecule has 2 nitrogen and oxygen atoms in total. The van der Waals surface area contributed by atoms with E-state index >= 15 is 0 Å². The number of aliphatic hydroxyl groups is 2. The van der Waals surface area contributed by atoms with E-state index in [2.05, 4.69) is 17.1 Å². The second-order valence-electron chi connectivity index (χ2n) is 1.19. The summed E-state index contributed by atoms with van der Waals surface area (Å²) in [5.74, 6) is 1.73. The van der Waals surface area contributed by atoms with Crippen LogP contribution >= 0.6 is 11.8 Å². The number of hydrogen-bond acceptors (Lipinski definition) is 3. The topological polar surface area (TPSA) is 33.0 Å². The van der Waals surface area contributed by atoms with E-state index in [4.69, 9.17) is 5.11 Å². The van der Waals surface area contributed by atoms with Crippen LogP contribution in [0.1, 0.15) is 0 Å². The summed E-state index contributed by atoms with van der Waals surface area (Å²) in [7, 11) is 0. The quantitative estimate of drug-likeness (QED) is 0.335. The molecule has 0 aromatic rings. The first-order chi connectivity index (χ1) is 3.91. The fraction of sp³-hybridized carbons (Fsp3) is 1.00. The third-order valence-electron chi connectivity index (χ3n) is 0.563. The van der Waals surface area contributed by atoms with Crippen molar-refractivity contribution in [2.24, 2.45) is 0 Å². The average molecular weight is 154 g/mol. The van der Waals surface area contributed by atoms with E-state index in [9.17, 15) is 0 Å². The Labute approximate surface area is 59.2 Å². The molecule has 0 saturated carbocycles. The Bertz CT molecular complexity index is 37.0. The molecule has 0 fully saturated rings. The lowest BCUT2D eigenvalue weighted by Gasteiger charge is -1.99. The number of hydrogen-bond donors (Lipinski definition) is 1. The van der Waals surface area contributed by atoms with Crippen molar-refractivity contribution < 1.29 is 9.29 Å². The highest BCUT2D eigenvalue weighted by Crippen LogP contribution is 1.95. The van der Waals surface area contributed by atoms with Crippen molar-refractivity contribution >= 4 is 24.7 Å². The van der Waals surface area contributed by atoms with Crippen molar-refractivity contribution in [1.29, 1.82) is 0 Å². The zero-order valence-corrected chi connectivity index (χ0v) is 6.17. The van der Waals surface area contributed by atoms with E-state index in [0.29, 0.717) is 0 Å². The second kappa shape index (κ2) is 7.62. The van der Waals surface area contributed by atoms with Gasteiger partial charge in [0.15, 0.2) is 0 Å². The molecule has 0 aliphatic rings. The molecule has 2 N–H and O–H groups in total. The largest absolute Gasteiger partial charge is 0.546 e. The minimum absolute atomic E-state index is 0.252. The molecule has 0 spiro atoms. The smallest absolute Gasteiger partial charge is 0.138 e. The number of rotatable bonds is 5. The highest BCUT2D eigenvalue weighted by atomic mass is 32.2. The van der Waals surface area contributed by atoms with Gasteiger partial charge in [-0.25, -0.2) is 0 Å². The van der Waals surface area contributed by atoms with E-state index < -0.39 is 0 Å². The first-order valence-electron chi connectivity index (χ1n) is 2.39. The second-order valence-corrected chi connectivity index (χ2v) is 2.67. The standard InChI is InChI=1S/C4H10O2S2/c5-1-3-8-4-2-6-7/h5-6H,1-4H2. The molecule has 50 valence electrons. The van der Waals surface area contributed by atoms with Crippen molar-refractivity contribution in [2.75, 3.05) is 24.7 Å². The zero-order chi connectivity index (χ0) is 6.24. The lowest BCUT2D eigenvalue weighted by atomic mass is 10.9. The molecule has 0 aromatic heterocycles. The lowest BCUT2D eigenvalue weighted by Crippen LogP contribution is -1.97. The maximum atomic E-state index is 8.29. The van der Waals surface area contributed by atoms with E-state index in [-0.39, 0.29) is 6.61 Å². The van der Waals surface area contributed by atoms with Gasteiger partial charge in [-0.1, -0.05) is 0 Å². The van der Waals surface area contributed by atoms with Gasteiger partial charge in [-0.05, 0) is 0 Å². The molecule has 0 radical (unpaired) electrons. The lowest BCUT2D eigenvalue weighted by molar-refractivity contribution is 0.213. The molecule has 0 rings (SSSR count). The van der Waals surface area contributed by atoms with E-state index in [0.717, 1.165) is 18.1 Å². The van der Waals surface area contributed by atoms with Crippen LogP contribution in [0.3, 0.4) is 0 Å². The van der Waals surface area contributed by atoms with Gasteiger partial charge < -0.3 is 22.2 Å². The molecule has 0 unspecified atom stereocenters. The monoisotopic (exact) mass is 154 g/mol. The van der Waals surface area contributed by atoms with Gasteiger partial charge in [0.05, 0.1) is 12.4 Å².